The Morgan fingerprint density at radius 2 is 1.75 bits per heavy atom. The first-order chi connectivity index (χ1) is 13.2. The van der Waals surface area contributed by atoms with E-state index in [2.05, 4.69) is 27.8 Å². The van der Waals surface area contributed by atoms with Crippen LogP contribution in [-0.2, 0) is 14.8 Å². The molecular weight excluding hydrogens is 466 g/mol. The van der Waals surface area contributed by atoms with E-state index in [0.717, 1.165) is 30.4 Å². The molecule has 3 rings (SSSR count). The summed E-state index contributed by atoms with van der Waals surface area (Å²) in [5.41, 5.74) is 0. The van der Waals surface area contributed by atoms with Gasteiger partial charge >= 0.3 is 0 Å². The molecule has 156 valence electrons. The van der Waals surface area contributed by atoms with Crippen LogP contribution in [0.3, 0.4) is 0 Å². The number of amides is 1. The molecule has 2 aliphatic heterocycles. The smallest absolute Gasteiger partial charge is 0.244 e. The second-order valence-corrected chi connectivity index (χ2v) is 10.9. The van der Waals surface area contributed by atoms with Gasteiger partial charge in [0, 0.05) is 43.7 Å². The van der Waals surface area contributed by atoms with Crippen LogP contribution in [-0.4, -0.2) is 73.7 Å². The van der Waals surface area contributed by atoms with Crippen molar-refractivity contribution in [2.24, 2.45) is 5.92 Å². The van der Waals surface area contributed by atoms with Crippen LogP contribution in [0.25, 0.3) is 0 Å². The van der Waals surface area contributed by atoms with Crippen LogP contribution in [0.2, 0.25) is 5.02 Å². The summed E-state index contributed by atoms with van der Waals surface area (Å²) in [6, 6.07) is 4.56. The highest BCUT2D eigenvalue weighted by Gasteiger charge is 2.34. The Hall–Kier alpha value is -0.670. The molecule has 6 nitrogen and oxygen atoms in total. The lowest BCUT2D eigenvalue weighted by Crippen LogP contribution is -2.56. The fraction of sp³-hybridized carbons (Fsp3) is 0.632. The zero-order valence-electron chi connectivity index (χ0n) is 16.3. The molecule has 0 saturated carbocycles. The van der Waals surface area contributed by atoms with Crippen LogP contribution in [0, 0.1) is 5.92 Å². The molecule has 28 heavy (non-hydrogen) atoms. The van der Waals surface area contributed by atoms with E-state index < -0.39 is 10.0 Å². The molecule has 1 atom stereocenters. The number of benzene rings is 1. The first-order valence-corrected chi connectivity index (χ1v) is 12.3. The summed E-state index contributed by atoms with van der Waals surface area (Å²) in [6.07, 6.45) is 2.11. The second kappa shape index (κ2) is 9.00. The highest BCUT2D eigenvalue weighted by molar-refractivity contribution is 9.10. The molecule has 1 aromatic rings. The van der Waals surface area contributed by atoms with E-state index in [0.29, 0.717) is 32.1 Å². The number of hydrogen-bond acceptors (Lipinski definition) is 4. The maximum Gasteiger partial charge on any atom is 0.244 e. The molecular formula is C19H27BrClN3O3S. The van der Waals surface area contributed by atoms with Crippen LogP contribution >= 0.6 is 27.5 Å². The number of carbonyl (C=O) groups excluding carboxylic acids is 1. The highest BCUT2D eigenvalue weighted by atomic mass is 79.9. The zero-order valence-corrected chi connectivity index (χ0v) is 19.4. The SMILES string of the molecule is CC1CCN(C(=O)C(C)N2CCN(S(=O)(=O)c3ccc(Br)cc3Cl)CC2)CC1. The van der Waals surface area contributed by atoms with Crippen LogP contribution in [0.1, 0.15) is 26.7 Å². The number of nitrogens with zero attached hydrogens (tertiary/aromatic N) is 3. The average Bonchev–Trinajstić information content (AvgIpc) is 2.67. The minimum Gasteiger partial charge on any atom is -0.341 e. The van der Waals surface area contributed by atoms with Crippen molar-refractivity contribution >= 4 is 43.5 Å². The Balaban J connectivity index is 1.61. The van der Waals surface area contributed by atoms with Gasteiger partial charge in [0.05, 0.1) is 11.1 Å². The predicted molar refractivity (Wildman–Crippen MR) is 114 cm³/mol. The maximum atomic E-state index is 12.9. The summed E-state index contributed by atoms with van der Waals surface area (Å²) >= 11 is 9.45. The van der Waals surface area contributed by atoms with Crippen molar-refractivity contribution in [1.82, 2.24) is 14.1 Å². The Labute approximate surface area is 181 Å². The largest absolute Gasteiger partial charge is 0.341 e. The molecule has 0 N–H and O–H groups in total. The molecule has 1 unspecified atom stereocenters. The van der Waals surface area contributed by atoms with Gasteiger partial charge in [-0.15, -0.1) is 0 Å². The van der Waals surface area contributed by atoms with E-state index in [-0.39, 0.29) is 21.9 Å². The standard InChI is InChI=1S/C19H27BrClN3O3S/c1-14-5-7-23(8-6-14)19(25)15(2)22-9-11-24(12-10-22)28(26,27)18-4-3-16(20)13-17(18)21/h3-4,13-15H,5-12H2,1-2H3. The number of piperidine rings is 1. The number of halogens is 2. The lowest BCUT2D eigenvalue weighted by atomic mass is 9.98. The Bertz CT molecular complexity index is 820. The first kappa shape index (κ1) is 22.0. The van der Waals surface area contributed by atoms with Crippen LogP contribution in [0.5, 0.6) is 0 Å². The normalized spacial score (nSPS) is 21.6. The summed E-state index contributed by atoms with van der Waals surface area (Å²) in [6.45, 7) is 7.56. The monoisotopic (exact) mass is 491 g/mol. The van der Waals surface area contributed by atoms with Gasteiger partial charge in [-0.1, -0.05) is 34.5 Å². The second-order valence-electron chi connectivity index (χ2n) is 7.70. The summed E-state index contributed by atoms with van der Waals surface area (Å²) < 4.78 is 28.1. The molecule has 0 aliphatic carbocycles. The lowest BCUT2D eigenvalue weighted by Gasteiger charge is -2.39. The van der Waals surface area contributed by atoms with Gasteiger partial charge in [-0.05, 0) is 43.9 Å². The molecule has 9 heteroatoms. The van der Waals surface area contributed by atoms with Crippen molar-refractivity contribution in [3.05, 3.63) is 27.7 Å². The number of likely N-dealkylation sites (tertiary alicyclic amines) is 1. The third-order valence-corrected chi connectivity index (χ3v) is 8.66. The Morgan fingerprint density at radius 3 is 2.32 bits per heavy atom. The molecule has 2 heterocycles. The van der Waals surface area contributed by atoms with E-state index in [4.69, 9.17) is 11.6 Å². The molecule has 0 bridgehead atoms. The molecule has 2 saturated heterocycles. The van der Waals surface area contributed by atoms with Crippen molar-refractivity contribution < 1.29 is 13.2 Å². The van der Waals surface area contributed by atoms with Gasteiger partial charge in [0.2, 0.25) is 15.9 Å². The van der Waals surface area contributed by atoms with Crippen molar-refractivity contribution in [2.45, 2.75) is 37.6 Å². The van der Waals surface area contributed by atoms with Crippen molar-refractivity contribution in [2.75, 3.05) is 39.3 Å². The minimum atomic E-state index is -3.65. The van der Waals surface area contributed by atoms with E-state index >= 15 is 0 Å². The summed E-state index contributed by atoms with van der Waals surface area (Å²) in [5, 5.41) is 0.208. The Morgan fingerprint density at radius 1 is 1.14 bits per heavy atom. The van der Waals surface area contributed by atoms with E-state index in [1.54, 1.807) is 12.1 Å². The third-order valence-electron chi connectivity index (χ3n) is 5.79. The molecule has 0 aromatic heterocycles. The lowest BCUT2D eigenvalue weighted by molar-refractivity contribution is -0.138. The molecule has 2 fully saturated rings. The van der Waals surface area contributed by atoms with Crippen LogP contribution in [0.4, 0.5) is 0 Å². The fourth-order valence-corrected chi connectivity index (χ4v) is 6.24. The van der Waals surface area contributed by atoms with Gasteiger partial charge in [-0.3, -0.25) is 9.69 Å². The Kier molecular flexibility index (Phi) is 7.08. The van der Waals surface area contributed by atoms with Crippen molar-refractivity contribution in [3.8, 4) is 0 Å². The first-order valence-electron chi connectivity index (χ1n) is 9.68. The predicted octanol–water partition coefficient (Wildman–Crippen LogP) is 3.06. The highest BCUT2D eigenvalue weighted by Crippen LogP contribution is 2.28. The molecule has 2 aliphatic rings. The summed E-state index contributed by atoms with van der Waals surface area (Å²) in [7, 11) is -3.65. The summed E-state index contributed by atoms with van der Waals surface area (Å²) in [4.78, 5) is 17.0. The number of rotatable bonds is 4. The average molecular weight is 493 g/mol. The van der Waals surface area contributed by atoms with Gasteiger partial charge in [-0.2, -0.15) is 4.31 Å². The maximum absolute atomic E-state index is 12.9. The molecule has 1 aromatic carbocycles. The molecule has 0 spiro atoms. The zero-order chi connectivity index (χ0) is 20.5. The van der Waals surface area contributed by atoms with Gasteiger partial charge in [0.1, 0.15) is 4.90 Å². The van der Waals surface area contributed by atoms with Gasteiger partial charge in [-0.25, -0.2) is 8.42 Å². The quantitative estimate of drug-likeness (QED) is 0.648. The van der Waals surface area contributed by atoms with Gasteiger partial charge < -0.3 is 4.90 Å². The fourth-order valence-electron chi connectivity index (χ4n) is 3.80. The van der Waals surface area contributed by atoms with Crippen LogP contribution in [0.15, 0.2) is 27.6 Å². The third kappa shape index (κ3) is 4.73. The van der Waals surface area contributed by atoms with Gasteiger partial charge in [0.25, 0.3) is 0 Å². The molecule has 0 radical (unpaired) electrons. The minimum absolute atomic E-state index is 0.123. The number of hydrogen-bond donors (Lipinski definition) is 0. The van der Waals surface area contributed by atoms with E-state index in [1.807, 2.05) is 11.8 Å². The van der Waals surface area contributed by atoms with Crippen molar-refractivity contribution in [3.63, 3.8) is 0 Å². The number of carbonyl (C=O) groups is 1. The van der Waals surface area contributed by atoms with E-state index in [1.165, 1.54) is 10.4 Å². The number of piperazine rings is 1. The summed E-state index contributed by atoms with van der Waals surface area (Å²) in [5.74, 6) is 0.831. The van der Waals surface area contributed by atoms with Gasteiger partial charge in [0.15, 0.2) is 0 Å². The number of sulfonamides is 1. The van der Waals surface area contributed by atoms with Crippen molar-refractivity contribution in [1.29, 1.82) is 0 Å². The van der Waals surface area contributed by atoms with Crippen LogP contribution < -0.4 is 0 Å². The topological polar surface area (TPSA) is 60.9 Å². The molecule has 1 amide bonds. The van der Waals surface area contributed by atoms with E-state index in [9.17, 15) is 13.2 Å².